The van der Waals surface area contributed by atoms with Crippen LogP contribution in [0.5, 0.6) is 11.5 Å². The number of carbonyl (C=O) groups excluding carboxylic acids is 1. The Morgan fingerprint density at radius 1 is 1.04 bits per heavy atom. The Morgan fingerprint density at radius 2 is 1.83 bits per heavy atom. The first-order chi connectivity index (χ1) is 24.9. The maximum atomic E-state index is 12.7. The largest absolute Gasteiger partial charge is 0.465 e. The normalized spacial score (nSPS) is 23.7. The Balaban J connectivity index is 0.890. The first-order valence-corrected chi connectivity index (χ1v) is 21.1. The van der Waals surface area contributed by atoms with Gasteiger partial charge in [-0.05, 0) is 77.8 Å². The Morgan fingerprint density at radius 3 is 2.58 bits per heavy atom. The highest BCUT2D eigenvalue weighted by Gasteiger charge is 2.54. The molecule has 3 aliphatic heterocycles. The van der Waals surface area contributed by atoms with Crippen molar-refractivity contribution in [2.45, 2.75) is 45.6 Å². The molecule has 1 saturated carbocycles. The third kappa shape index (κ3) is 7.35. The second kappa shape index (κ2) is 13.7. The molecule has 1 N–H and O–H groups in total. The van der Waals surface area contributed by atoms with Gasteiger partial charge in [-0.3, -0.25) is 9.80 Å². The van der Waals surface area contributed by atoms with Crippen LogP contribution in [0, 0.1) is 16.7 Å². The van der Waals surface area contributed by atoms with E-state index in [1.807, 2.05) is 41.8 Å². The van der Waals surface area contributed by atoms with Crippen LogP contribution in [0.4, 0.5) is 5.69 Å². The van der Waals surface area contributed by atoms with Gasteiger partial charge in [0.25, 0.3) is 0 Å². The predicted octanol–water partition coefficient (Wildman–Crippen LogP) is 6.01. The predicted molar refractivity (Wildman–Crippen MR) is 205 cm³/mol. The third-order valence-electron chi connectivity index (χ3n) is 11.8. The number of hydrogen-bond donors (Lipinski definition) is 1. The molecule has 52 heavy (non-hydrogen) atoms. The van der Waals surface area contributed by atoms with Gasteiger partial charge in [0.1, 0.15) is 22.7 Å². The zero-order valence-electron chi connectivity index (χ0n) is 30.6. The van der Waals surface area contributed by atoms with Crippen LogP contribution >= 0.6 is 11.3 Å². The molecule has 4 aromatic rings. The fraction of sp³-hybridized carbons (Fsp3) is 0.538. The van der Waals surface area contributed by atoms with E-state index in [1.165, 1.54) is 43.1 Å². The number of H-pyrrole nitrogens is 1. The van der Waals surface area contributed by atoms with Crippen LogP contribution in [0.15, 0.2) is 54.2 Å². The van der Waals surface area contributed by atoms with Gasteiger partial charge in [-0.1, -0.05) is 13.8 Å². The SMILES string of the molecule is COC(=O)c1ccc(N2CCN(CC3CCC(C)(C)CC3c3cc(CN4CC5(C4)CN(S(C)(=O)=O)C5)cs3)CC2)cc1Oc1cnc2[nH]ccc2c1. The van der Waals surface area contributed by atoms with Crippen molar-refractivity contribution >= 4 is 44.1 Å². The van der Waals surface area contributed by atoms with E-state index in [2.05, 4.69) is 50.0 Å². The summed E-state index contributed by atoms with van der Waals surface area (Å²) in [6.07, 6.45) is 8.54. The topological polar surface area (TPSA) is 111 Å². The monoisotopic (exact) mass is 746 g/mol. The second-order valence-electron chi connectivity index (χ2n) is 16.5. The molecule has 0 bridgehead atoms. The number of carbonyl (C=O) groups is 1. The molecule has 278 valence electrons. The molecule has 0 radical (unpaired) electrons. The number of esters is 1. The van der Waals surface area contributed by atoms with Gasteiger partial charge in [0.2, 0.25) is 10.0 Å². The molecule has 2 atom stereocenters. The molecule has 1 aromatic carbocycles. The summed E-state index contributed by atoms with van der Waals surface area (Å²) in [4.78, 5) is 29.2. The number of piperazine rings is 1. The number of sulfonamides is 1. The number of fused-ring (bicyclic) bond motifs is 1. The number of aromatic nitrogens is 2. The molecular formula is C39H50N6O5S2. The average Bonchev–Trinajstić information content (AvgIpc) is 3.75. The highest BCUT2D eigenvalue weighted by Crippen LogP contribution is 2.49. The van der Waals surface area contributed by atoms with Crippen molar-refractivity contribution in [3.05, 3.63) is 70.2 Å². The summed E-state index contributed by atoms with van der Waals surface area (Å²) >= 11 is 1.94. The van der Waals surface area contributed by atoms with Gasteiger partial charge in [0.05, 0.1) is 19.6 Å². The van der Waals surface area contributed by atoms with Crippen molar-refractivity contribution in [2.75, 3.05) is 77.2 Å². The molecule has 8 rings (SSSR count). The lowest BCUT2D eigenvalue weighted by atomic mass is 9.66. The minimum atomic E-state index is -3.07. The summed E-state index contributed by atoms with van der Waals surface area (Å²) in [6, 6.07) is 12.1. The van der Waals surface area contributed by atoms with Crippen molar-refractivity contribution in [1.82, 2.24) is 24.1 Å². The van der Waals surface area contributed by atoms with Gasteiger partial charge in [-0.15, -0.1) is 11.3 Å². The van der Waals surface area contributed by atoms with Crippen LogP contribution < -0.4 is 9.64 Å². The number of hydrogen-bond acceptors (Lipinski definition) is 10. The van der Waals surface area contributed by atoms with Crippen LogP contribution in [-0.2, 0) is 21.3 Å². The number of likely N-dealkylation sites (tertiary alicyclic amines) is 1. The highest BCUT2D eigenvalue weighted by molar-refractivity contribution is 7.88. The molecular weight excluding hydrogens is 697 g/mol. The van der Waals surface area contributed by atoms with Crippen molar-refractivity contribution in [3.8, 4) is 11.5 Å². The van der Waals surface area contributed by atoms with E-state index < -0.39 is 16.0 Å². The average molecular weight is 747 g/mol. The molecule has 3 saturated heterocycles. The lowest BCUT2D eigenvalue weighted by Gasteiger charge is -2.59. The van der Waals surface area contributed by atoms with Gasteiger partial charge < -0.3 is 19.4 Å². The van der Waals surface area contributed by atoms with E-state index in [9.17, 15) is 13.2 Å². The maximum Gasteiger partial charge on any atom is 0.341 e. The molecule has 0 amide bonds. The standard InChI is InChI=1S/C39H50N6O5S2/c1-38(2)9-7-29(33(18-38)35-15-27(22-51-35)20-43-23-39(24-43)25-45(26-39)52(4,47)48)21-42-11-13-44(14-12-42)30-5-6-32(37(46)49-3)34(17-30)50-31-16-28-8-10-40-36(28)41-19-31/h5-6,8,10,15-17,19,22,29,33H,7,9,11-14,18,20-21,23-26H2,1-4H3,(H,40,41). The fourth-order valence-corrected chi connectivity index (χ4v) is 11.1. The quantitative estimate of drug-likeness (QED) is 0.195. The molecule has 13 heteroatoms. The van der Waals surface area contributed by atoms with Crippen molar-refractivity contribution < 1.29 is 22.7 Å². The number of ether oxygens (including phenoxy) is 2. The van der Waals surface area contributed by atoms with Crippen molar-refractivity contribution in [3.63, 3.8) is 0 Å². The minimum Gasteiger partial charge on any atom is -0.465 e. The lowest BCUT2D eigenvalue weighted by Crippen LogP contribution is -2.72. The molecule has 2 unspecified atom stereocenters. The molecule has 11 nitrogen and oxygen atoms in total. The van der Waals surface area contributed by atoms with E-state index in [-0.39, 0.29) is 5.41 Å². The Hall–Kier alpha value is -3.49. The number of thiophene rings is 1. The van der Waals surface area contributed by atoms with E-state index in [4.69, 9.17) is 9.47 Å². The van der Waals surface area contributed by atoms with Crippen molar-refractivity contribution in [1.29, 1.82) is 0 Å². The number of pyridine rings is 1. The Labute approximate surface area is 310 Å². The van der Waals surface area contributed by atoms with Gasteiger partial charge in [-0.25, -0.2) is 22.5 Å². The molecule has 6 heterocycles. The fourth-order valence-electron chi connectivity index (χ4n) is 8.97. The van der Waals surface area contributed by atoms with Crippen LogP contribution in [0.1, 0.15) is 59.8 Å². The van der Waals surface area contributed by atoms with Crippen LogP contribution in [-0.4, -0.2) is 111 Å². The van der Waals surface area contributed by atoms with Crippen LogP contribution in [0.2, 0.25) is 0 Å². The van der Waals surface area contributed by atoms with E-state index in [0.717, 1.165) is 69.1 Å². The van der Waals surface area contributed by atoms with Crippen molar-refractivity contribution in [2.24, 2.45) is 16.7 Å². The van der Waals surface area contributed by atoms with Gasteiger partial charge in [-0.2, -0.15) is 0 Å². The Kier molecular flexibility index (Phi) is 9.38. The summed E-state index contributed by atoms with van der Waals surface area (Å²) in [5.74, 6) is 1.77. The van der Waals surface area contributed by atoms with E-state index in [1.54, 1.807) is 16.6 Å². The first kappa shape index (κ1) is 35.5. The summed E-state index contributed by atoms with van der Waals surface area (Å²) in [5, 5.41) is 3.30. The number of benzene rings is 1. The molecule has 3 aromatic heterocycles. The van der Waals surface area contributed by atoms with E-state index in [0.29, 0.717) is 47.4 Å². The number of aromatic amines is 1. The number of rotatable bonds is 10. The second-order valence-corrected chi connectivity index (χ2v) is 19.4. The first-order valence-electron chi connectivity index (χ1n) is 18.4. The van der Waals surface area contributed by atoms with Crippen LogP contribution in [0.3, 0.4) is 0 Å². The molecule has 1 aliphatic carbocycles. The molecule has 4 aliphatic rings. The minimum absolute atomic E-state index is 0.170. The number of nitrogens with zero attached hydrogens (tertiary/aromatic N) is 5. The summed E-state index contributed by atoms with van der Waals surface area (Å²) in [5.41, 5.74) is 4.10. The molecule has 4 fully saturated rings. The highest BCUT2D eigenvalue weighted by atomic mass is 32.2. The zero-order chi connectivity index (χ0) is 36.3. The van der Waals surface area contributed by atoms with Crippen LogP contribution in [0.25, 0.3) is 11.0 Å². The summed E-state index contributed by atoms with van der Waals surface area (Å²) in [7, 11) is -1.68. The molecule has 1 spiro atoms. The lowest BCUT2D eigenvalue weighted by molar-refractivity contribution is -0.0844. The van der Waals surface area contributed by atoms with Gasteiger partial charge >= 0.3 is 5.97 Å². The number of methoxy groups -OCH3 is 1. The third-order valence-corrected chi connectivity index (χ3v) is 14.1. The number of anilines is 1. The summed E-state index contributed by atoms with van der Waals surface area (Å²) < 4.78 is 36.6. The van der Waals surface area contributed by atoms with Gasteiger partial charge in [0, 0.05) is 99.1 Å². The summed E-state index contributed by atoms with van der Waals surface area (Å²) in [6.45, 7) is 14.0. The maximum absolute atomic E-state index is 12.7. The van der Waals surface area contributed by atoms with Gasteiger partial charge in [0.15, 0.2) is 0 Å². The van der Waals surface area contributed by atoms with E-state index >= 15 is 0 Å². The zero-order valence-corrected chi connectivity index (χ0v) is 32.3. The Bertz CT molecular complexity index is 2040. The smallest absolute Gasteiger partial charge is 0.341 e. The number of nitrogens with one attached hydrogen (secondary N) is 1.